The molecule has 0 radical (unpaired) electrons. The number of carbonyl (C=O) groups excluding carboxylic acids is 1. The van der Waals surface area contributed by atoms with Gasteiger partial charge in [-0.3, -0.25) is 4.79 Å². The number of hydrogen-bond acceptors (Lipinski definition) is 4. The number of benzene rings is 2. The minimum absolute atomic E-state index is 0.0333. The van der Waals surface area contributed by atoms with Gasteiger partial charge in [-0.15, -0.1) is 0 Å². The van der Waals surface area contributed by atoms with Crippen LogP contribution in [0.5, 0.6) is 0 Å². The monoisotopic (exact) mass is 376 g/mol. The van der Waals surface area contributed by atoms with E-state index in [0.29, 0.717) is 0 Å². The van der Waals surface area contributed by atoms with Crippen LogP contribution >= 0.6 is 0 Å². The standard InChI is InChI=1S/C18H11F3N2O4/c19-18(20,21)11-7-5-10(6-8-11)15-14(22-9-27-15)16(24)23-13-4-2-1-3-12(13)17(25)26/h1-9H,(H,23,24)(H,25,26). The van der Waals surface area contributed by atoms with Crippen molar-refractivity contribution in [2.24, 2.45) is 0 Å². The van der Waals surface area contributed by atoms with E-state index in [1.807, 2.05) is 0 Å². The lowest BCUT2D eigenvalue weighted by Gasteiger charge is -2.09. The van der Waals surface area contributed by atoms with E-state index in [0.717, 1.165) is 30.7 Å². The van der Waals surface area contributed by atoms with E-state index in [-0.39, 0.29) is 28.3 Å². The van der Waals surface area contributed by atoms with Gasteiger partial charge in [-0.05, 0) is 24.3 Å². The van der Waals surface area contributed by atoms with Crippen LogP contribution in [-0.4, -0.2) is 22.0 Å². The number of amides is 1. The average Bonchev–Trinajstić information content (AvgIpc) is 3.11. The van der Waals surface area contributed by atoms with E-state index in [1.165, 1.54) is 18.2 Å². The zero-order chi connectivity index (χ0) is 19.6. The van der Waals surface area contributed by atoms with Gasteiger partial charge in [0, 0.05) is 5.56 Å². The Balaban J connectivity index is 1.89. The van der Waals surface area contributed by atoms with Gasteiger partial charge in [0.05, 0.1) is 16.8 Å². The van der Waals surface area contributed by atoms with E-state index in [2.05, 4.69) is 10.3 Å². The Kier molecular flexibility index (Phi) is 4.68. The number of halogens is 3. The van der Waals surface area contributed by atoms with Crippen molar-refractivity contribution >= 4 is 17.6 Å². The molecule has 3 rings (SSSR count). The summed E-state index contributed by atoms with van der Waals surface area (Å²) in [4.78, 5) is 27.5. The molecule has 0 atom stereocenters. The summed E-state index contributed by atoms with van der Waals surface area (Å²) in [6.45, 7) is 0. The van der Waals surface area contributed by atoms with Crippen LogP contribution in [0.3, 0.4) is 0 Å². The summed E-state index contributed by atoms with van der Waals surface area (Å²) in [6, 6.07) is 9.80. The molecule has 6 nitrogen and oxygen atoms in total. The van der Waals surface area contributed by atoms with Crippen molar-refractivity contribution in [2.75, 3.05) is 5.32 Å². The maximum absolute atomic E-state index is 12.7. The second-order valence-electron chi connectivity index (χ2n) is 5.41. The number of carboxylic acid groups (broad SMARTS) is 1. The summed E-state index contributed by atoms with van der Waals surface area (Å²) in [5, 5.41) is 11.6. The highest BCUT2D eigenvalue weighted by Crippen LogP contribution is 2.32. The number of nitrogens with zero attached hydrogens (tertiary/aromatic N) is 1. The lowest BCUT2D eigenvalue weighted by molar-refractivity contribution is -0.137. The first kappa shape index (κ1) is 18.2. The van der Waals surface area contributed by atoms with Crippen molar-refractivity contribution in [3.8, 4) is 11.3 Å². The molecule has 0 unspecified atom stereocenters. The van der Waals surface area contributed by atoms with Crippen LogP contribution in [0.4, 0.5) is 18.9 Å². The molecule has 2 aromatic carbocycles. The molecule has 3 aromatic rings. The molecule has 0 aliphatic rings. The first-order valence-corrected chi connectivity index (χ1v) is 7.52. The molecule has 0 saturated carbocycles. The van der Waals surface area contributed by atoms with Gasteiger partial charge in [0.15, 0.2) is 17.8 Å². The van der Waals surface area contributed by atoms with Gasteiger partial charge in [-0.25, -0.2) is 9.78 Å². The van der Waals surface area contributed by atoms with Crippen molar-refractivity contribution in [1.29, 1.82) is 0 Å². The minimum atomic E-state index is -4.49. The largest absolute Gasteiger partial charge is 0.478 e. The van der Waals surface area contributed by atoms with Crippen molar-refractivity contribution in [1.82, 2.24) is 4.98 Å². The normalized spacial score (nSPS) is 11.2. The van der Waals surface area contributed by atoms with E-state index in [1.54, 1.807) is 6.07 Å². The van der Waals surface area contributed by atoms with Gasteiger partial charge < -0.3 is 14.8 Å². The second-order valence-corrected chi connectivity index (χ2v) is 5.41. The fraction of sp³-hybridized carbons (Fsp3) is 0.0556. The molecule has 138 valence electrons. The number of aromatic carboxylic acids is 1. The predicted octanol–water partition coefficient (Wildman–Crippen LogP) is 4.31. The van der Waals surface area contributed by atoms with Gasteiger partial charge >= 0.3 is 12.1 Å². The number of aromatic nitrogens is 1. The molecule has 27 heavy (non-hydrogen) atoms. The lowest BCUT2D eigenvalue weighted by Crippen LogP contribution is -2.16. The fourth-order valence-corrected chi connectivity index (χ4v) is 2.38. The number of oxazole rings is 1. The molecule has 0 fully saturated rings. The molecule has 0 aliphatic heterocycles. The number of hydrogen-bond donors (Lipinski definition) is 2. The Morgan fingerprint density at radius 3 is 2.33 bits per heavy atom. The van der Waals surface area contributed by atoms with Gasteiger partial charge in [-0.2, -0.15) is 13.2 Å². The average molecular weight is 376 g/mol. The highest BCUT2D eigenvalue weighted by molar-refractivity contribution is 6.09. The van der Waals surface area contributed by atoms with E-state index >= 15 is 0 Å². The molecule has 1 amide bonds. The first-order valence-electron chi connectivity index (χ1n) is 7.52. The number of rotatable bonds is 4. The Morgan fingerprint density at radius 1 is 1.04 bits per heavy atom. The molecule has 0 spiro atoms. The van der Waals surface area contributed by atoms with Crippen molar-refractivity contribution in [2.45, 2.75) is 6.18 Å². The van der Waals surface area contributed by atoms with Crippen LogP contribution in [0.1, 0.15) is 26.4 Å². The van der Waals surface area contributed by atoms with Crippen molar-refractivity contribution < 1.29 is 32.3 Å². The Morgan fingerprint density at radius 2 is 1.70 bits per heavy atom. The molecule has 0 saturated heterocycles. The van der Waals surface area contributed by atoms with Crippen LogP contribution in [0, 0.1) is 0 Å². The summed E-state index contributed by atoms with van der Waals surface area (Å²) in [6.07, 6.45) is -3.51. The molecule has 0 aliphatic carbocycles. The number of nitrogens with one attached hydrogen (secondary N) is 1. The Labute approximate surface area is 150 Å². The second kappa shape index (κ2) is 6.94. The molecule has 2 N–H and O–H groups in total. The molecular formula is C18H11F3N2O4. The summed E-state index contributed by atoms with van der Waals surface area (Å²) in [5.41, 5.74) is -0.874. The minimum Gasteiger partial charge on any atom is -0.478 e. The van der Waals surface area contributed by atoms with Gasteiger partial charge in [0.1, 0.15) is 0 Å². The zero-order valence-corrected chi connectivity index (χ0v) is 13.4. The Bertz CT molecular complexity index is 994. The third kappa shape index (κ3) is 3.81. The molecule has 0 bridgehead atoms. The quantitative estimate of drug-likeness (QED) is 0.708. The molecular weight excluding hydrogens is 365 g/mol. The number of para-hydroxylation sites is 1. The van der Waals surface area contributed by atoms with Crippen LogP contribution in [-0.2, 0) is 6.18 Å². The number of alkyl halides is 3. The topological polar surface area (TPSA) is 92.4 Å². The summed E-state index contributed by atoms with van der Waals surface area (Å²) in [5.74, 6) is -2.02. The van der Waals surface area contributed by atoms with E-state index < -0.39 is 23.6 Å². The summed E-state index contributed by atoms with van der Waals surface area (Å²) < 4.78 is 43.1. The van der Waals surface area contributed by atoms with Crippen molar-refractivity contribution in [3.05, 3.63) is 71.7 Å². The van der Waals surface area contributed by atoms with Crippen LogP contribution in [0.15, 0.2) is 59.3 Å². The summed E-state index contributed by atoms with van der Waals surface area (Å²) in [7, 11) is 0. The highest BCUT2D eigenvalue weighted by Gasteiger charge is 2.30. The fourth-order valence-electron chi connectivity index (χ4n) is 2.38. The summed E-state index contributed by atoms with van der Waals surface area (Å²) >= 11 is 0. The first-order chi connectivity index (χ1) is 12.8. The zero-order valence-electron chi connectivity index (χ0n) is 13.4. The SMILES string of the molecule is O=C(O)c1ccccc1NC(=O)c1ncoc1-c1ccc(C(F)(F)F)cc1. The van der Waals surface area contributed by atoms with Crippen LogP contribution < -0.4 is 5.32 Å². The van der Waals surface area contributed by atoms with Crippen LogP contribution in [0.25, 0.3) is 11.3 Å². The predicted molar refractivity (Wildman–Crippen MR) is 88.3 cm³/mol. The van der Waals surface area contributed by atoms with Gasteiger partial charge in [-0.1, -0.05) is 24.3 Å². The highest BCUT2D eigenvalue weighted by atomic mass is 19.4. The third-order valence-electron chi connectivity index (χ3n) is 3.66. The van der Waals surface area contributed by atoms with Gasteiger partial charge in [0.25, 0.3) is 5.91 Å². The maximum Gasteiger partial charge on any atom is 0.416 e. The smallest absolute Gasteiger partial charge is 0.416 e. The molecule has 1 heterocycles. The molecule has 1 aromatic heterocycles. The van der Waals surface area contributed by atoms with Crippen molar-refractivity contribution in [3.63, 3.8) is 0 Å². The van der Waals surface area contributed by atoms with E-state index in [9.17, 15) is 22.8 Å². The van der Waals surface area contributed by atoms with E-state index in [4.69, 9.17) is 9.52 Å². The number of carboxylic acids is 1. The number of anilines is 1. The van der Waals surface area contributed by atoms with Gasteiger partial charge in [0.2, 0.25) is 0 Å². The molecule has 9 heteroatoms. The number of carbonyl (C=O) groups is 2. The lowest BCUT2D eigenvalue weighted by atomic mass is 10.1. The van der Waals surface area contributed by atoms with Crippen LogP contribution in [0.2, 0.25) is 0 Å². The Hall–Kier alpha value is -3.62. The maximum atomic E-state index is 12.7. The third-order valence-corrected chi connectivity index (χ3v) is 3.66.